The third kappa shape index (κ3) is 4.31. The fraction of sp³-hybridized carbons (Fsp3) is 0. The first kappa shape index (κ1) is 20.3. The highest BCUT2D eigenvalue weighted by Gasteiger charge is 2.23. The van der Waals surface area contributed by atoms with E-state index in [0.717, 1.165) is 4.47 Å². The minimum Gasteiger partial charge on any atom is -0.449 e. The molecule has 0 bridgehead atoms. The standard InChI is InChI=1S/C22H14BrN3O5/c23-14-5-3-4-13(12-14)21(27)25-19-17-6-1-2-7-18(17)31-20(19)22(28)24-15-8-10-16(11-9-15)26(29)30/h1-12H,(H,24,28)(H,25,27). The molecule has 0 atom stereocenters. The third-order valence-electron chi connectivity index (χ3n) is 4.46. The van der Waals surface area contributed by atoms with E-state index in [2.05, 4.69) is 26.6 Å². The number of carbonyl (C=O) groups is 2. The van der Waals surface area contributed by atoms with Gasteiger partial charge in [0.05, 0.1) is 4.92 Å². The lowest BCUT2D eigenvalue weighted by Crippen LogP contribution is -2.17. The van der Waals surface area contributed by atoms with Crippen LogP contribution in [0.25, 0.3) is 11.0 Å². The van der Waals surface area contributed by atoms with E-state index in [9.17, 15) is 19.7 Å². The van der Waals surface area contributed by atoms with Crippen molar-refractivity contribution in [3.05, 3.63) is 98.7 Å². The molecular formula is C22H14BrN3O5. The van der Waals surface area contributed by atoms with E-state index < -0.39 is 16.7 Å². The van der Waals surface area contributed by atoms with Gasteiger partial charge in [-0.25, -0.2) is 0 Å². The van der Waals surface area contributed by atoms with Gasteiger partial charge in [-0.05, 0) is 42.5 Å². The number of amides is 2. The number of nitro groups is 1. The van der Waals surface area contributed by atoms with Gasteiger partial charge in [0.25, 0.3) is 17.5 Å². The summed E-state index contributed by atoms with van der Waals surface area (Å²) in [5.41, 5.74) is 1.33. The summed E-state index contributed by atoms with van der Waals surface area (Å²) in [7, 11) is 0. The molecule has 0 unspecified atom stereocenters. The summed E-state index contributed by atoms with van der Waals surface area (Å²) in [6, 6.07) is 19.2. The zero-order chi connectivity index (χ0) is 22.0. The van der Waals surface area contributed by atoms with Crippen molar-refractivity contribution < 1.29 is 18.9 Å². The number of fused-ring (bicyclic) bond motifs is 1. The molecule has 0 aliphatic heterocycles. The maximum absolute atomic E-state index is 12.9. The van der Waals surface area contributed by atoms with Crippen LogP contribution in [0.4, 0.5) is 17.1 Å². The van der Waals surface area contributed by atoms with E-state index in [1.807, 2.05) is 0 Å². The maximum Gasteiger partial charge on any atom is 0.293 e. The molecule has 4 rings (SSSR count). The molecule has 0 saturated heterocycles. The van der Waals surface area contributed by atoms with Crippen LogP contribution in [0.15, 0.2) is 81.7 Å². The van der Waals surface area contributed by atoms with Gasteiger partial charge in [0.2, 0.25) is 5.76 Å². The summed E-state index contributed by atoms with van der Waals surface area (Å²) >= 11 is 3.33. The fourth-order valence-electron chi connectivity index (χ4n) is 3.00. The van der Waals surface area contributed by atoms with Crippen molar-refractivity contribution >= 4 is 55.8 Å². The normalized spacial score (nSPS) is 10.6. The van der Waals surface area contributed by atoms with Crippen LogP contribution in [0, 0.1) is 10.1 Å². The Hall–Kier alpha value is -3.98. The average molecular weight is 480 g/mol. The van der Waals surface area contributed by atoms with Gasteiger partial charge in [0.15, 0.2) is 0 Å². The molecule has 0 aliphatic rings. The molecule has 0 radical (unpaired) electrons. The van der Waals surface area contributed by atoms with Gasteiger partial charge in [-0.1, -0.05) is 34.1 Å². The van der Waals surface area contributed by atoms with Crippen molar-refractivity contribution in [2.75, 3.05) is 10.6 Å². The third-order valence-corrected chi connectivity index (χ3v) is 4.96. The van der Waals surface area contributed by atoms with E-state index in [4.69, 9.17) is 4.42 Å². The second-order valence-corrected chi connectivity index (χ2v) is 7.44. The van der Waals surface area contributed by atoms with E-state index in [0.29, 0.717) is 22.2 Å². The molecule has 31 heavy (non-hydrogen) atoms. The summed E-state index contributed by atoms with van der Waals surface area (Å²) in [5.74, 6) is -1.09. The minimum atomic E-state index is -0.602. The highest BCUT2D eigenvalue weighted by atomic mass is 79.9. The summed E-state index contributed by atoms with van der Waals surface area (Å²) in [6.07, 6.45) is 0. The van der Waals surface area contributed by atoms with Gasteiger partial charge < -0.3 is 15.1 Å². The first-order valence-electron chi connectivity index (χ1n) is 9.06. The lowest BCUT2D eigenvalue weighted by molar-refractivity contribution is -0.384. The number of benzene rings is 3. The molecule has 0 fully saturated rings. The van der Waals surface area contributed by atoms with Gasteiger partial charge >= 0.3 is 0 Å². The van der Waals surface area contributed by atoms with Gasteiger partial charge in [-0.2, -0.15) is 0 Å². The number of halogens is 1. The molecule has 9 heteroatoms. The van der Waals surface area contributed by atoms with Crippen molar-refractivity contribution in [3.8, 4) is 0 Å². The van der Waals surface area contributed by atoms with Gasteiger partial charge in [0.1, 0.15) is 11.3 Å². The number of hydrogen-bond donors (Lipinski definition) is 2. The molecule has 0 aliphatic carbocycles. The van der Waals surface area contributed by atoms with Crippen molar-refractivity contribution in [1.29, 1.82) is 0 Å². The smallest absolute Gasteiger partial charge is 0.293 e. The number of rotatable bonds is 5. The molecule has 0 spiro atoms. The number of nitrogens with zero attached hydrogens (tertiary/aromatic N) is 1. The number of furan rings is 1. The molecule has 1 heterocycles. The van der Waals surface area contributed by atoms with E-state index in [-0.39, 0.29) is 17.1 Å². The van der Waals surface area contributed by atoms with Crippen LogP contribution in [-0.2, 0) is 0 Å². The van der Waals surface area contributed by atoms with Crippen molar-refractivity contribution in [2.45, 2.75) is 0 Å². The second kappa shape index (κ2) is 8.41. The van der Waals surface area contributed by atoms with Crippen molar-refractivity contribution in [3.63, 3.8) is 0 Å². The second-order valence-electron chi connectivity index (χ2n) is 6.52. The Morgan fingerprint density at radius 3 is 2.35 bits per heavy atom. The highest BCUT2D eigenvalue weighted by Crippen LogP contribution is 2.32. The number of non-ortho nitro benzene ring substituents is 1. The topological polar surface area (TPSA) is 114 Å². The Balaban J connectivity index is 1.66. The van der Waals surface area contributed by atoms with E-state index in [1.165, 1.54) is 24.3 Å². The number of hydrogen-bond acceptors (Lipinski definition) is 5. The number of anilines is 2. The molecule has 1 aromatic heterocycles. The first-order chi connectivity index (χ1) is 14.9. The summed E-state index contributed by atoms with van der Waals surface area (Å²) in [4.78, 5) is 35.9. The minimum absolute atomic E-state index is 0.0806. The van der Waals surface area contributed by atoms with Crippen LogP contribution in [0.5, 0.6) is 0 Å². The summed E-state index contributed by atoms with van der Waals surface area (Å²) in [5, 5.41) is 16.8. The Bertz CT molecular complexity index is 1310. The van der Waals surface area contributed by atoms with Crippen LogP contribution in [0.1, 0.15) is 20.9 Å². The quantitative estimate of drug-likeness (QED) is 0.285. The summed E-state index contributed by atoms with van der Waals surface area (Å²) < 4.78 is 6.46. The first-order valence-corrected chi connectivity index (χ1v) is 9.86. The molecule has 154 valence electrons. The predicted octanol–water partition coefficient (Wildman–Crippen LogP) is 5.61. The zero-order valence-corrected chi connectivity index (χ0v) is 17.4. The molecule has 4 aromatic rings. The fourth-order valence-corrected chi connectivity index (χ4v) is 3.40. The van der Waals surface area contributed by atoms with E-state index in [1.54, 1.807) is 48.5 Å². The van der Waals surface area contributed by atoms with E-state index >= 15 is 0 Å². The van der Waals surface area contributed by atoms with Gasteiger partial charge in [-0.3, -0.25) is 19.7 Å². The maximum atomic E-state index is 12.9. The van der Waals surface area contributed by atoms with Crippen molar-refractivity contribution in [2.24, 2.45) is 0 Å². The van der Waals surface area contributed by atoms with Crippen LogP contribution >= 0.6 is 15.9 Å². The Labute approximate surface area is 184 Å². The largest absolute Gasteiger partial charge is 0.449 e. The number of nitrogens with one attached hydrogen (secondary N) is 2. The Morgan fingerprint density at radius 1 is 0.903 bits per heavy atom. The average Bonchev–Trinajstić information content (AvgIpc) is 3.13. The lowest BCUT2D eigenvalue weighted by atomic mass is 10.1. The monoisotopic (exact) mass is 479 g/mol. The lowest BCUT2D eigenvalue weighted by Gasteiger charge is -2.08. The highest BCUT2D eigenvalue weighted by molar-refractivity contribution is 9.10. The summed E-state index contributed by atoms with van der Waals surface area (Å²) in [6.45, 7) is 0. The molecule has 3 aromatic carbocycles. The van der Waals surface area contributed by atoms with Gasteiger partial charge in [0, 0.05) is 33.2 Å². The molecule has 8 nitrogen and oxygen atoms in total. The molecule has 0 saturated carbocycles. The number of nitro benzene ring substituents is 1. The van der Waals surface area contributed by atoms with Crippen LogP contribution in [0.2, 0.25) is 0 Å². The number of para-hydroxylation sites is 1. The van der Waals surface area contributed by atoms with Crippen LogP contribution in [0.3, 0.4) is 0 Å². The SMILES string of the molecule is O=C(Nc1c(C(=O)Nc2ccc([N+](=O)[O-])cc2)oc2ccccc12)c1cccc(Br)c1. The van der Waals surface area contributed by atoms with Gasteiger partial charge in [-0.15, -0.1) is 0 Å². The number of carbonyl (C=O) groups excluding carboxylic acids is 2. The molecule has 2 amide bonds. The van der Waals surface area contributed by atoms with Crippen LogP contribution < -0.4 is 10.6 Å². The Kier molecular flexibility index (Phi) is 5.50. The molecule has 2 N–H and O–H groups in total. The zero-order valence-electron chi connectivity index (χ0n) is 15.8. The molecular weight excluding hydrogens is 466 g/mol. The van der Waals surface area contributed by atoms with Crippen LogP contribution in [-0.4, -0.2) is 16.7 Å². The van der Waals surface area contributed by atoms with Crippen molar-refractivity contribution in [1.82, 2.24) is 0 Å². The Morgan fingerprint density at radius 2 is 1.65 bits per heavy atom. The predicted molar refractivity (Wildman–Crippen MR) is 119 cm³/mol.